The van der Waals surface area contributed by atoms with E-state index < -0.39 is 54.6 Å². The molecule has 1 N–H and O–H groups in total. The zero-order chi connectivity index (χ0) is 18.4. The van der Waals surface area contributed by atoms with Crippen molar-refractivity contribution in [2.24, 2.45) is 0 Å². The molecule has 0 aromatic rings. The summed E-state index contributed by atoms with van der Waals surface area (Å²) in [5.74, 6) is -2.87. The first-order valence-corrected chi connectivity index (χ1v) is 7.10. The fourth-order valence-electron chi connectivity index (χ4n) is 2.14. The van der Waals surface area contributed by atoms with Crippen LogP contribution in [0.15, 0.2) is 0 Å². The van der Waals surface area contributed by atoms with Gasteiger partial charge in [0.15, 0.2) is 12.2 Å². The van der Waals surface area contributed by atoms with E-state index in [4.69, 9.17) is 23.7 Å². The van der Waals surface area contributed by atoms with E-state index in [1.807, 2.05) is 0 Å². The van der Waals surface area contributed by atoms with Gasteiger partial charge in [-0.1, -0.05) is 0 Å². The molecule has 136 valence electrons. The predicted octanol–water partition coefficient (Wildman–Crippen LogP) is -0.938. The standard InChI is InChI=1S/C14H20O10/c1-6(15)20-5-10-12(21-7(2)16)11(19)13(22-8(3)17)14(24-10)23-9(4)18/h10-14,19H,5H2,1-4H3/t10-,11-,12-,13+,14+/m1/s1. The van der Waals surface area contributed by atoms with Gasteiger partial charge in [0, 0.05) is 27.7 Å². The largest absolute Gasteiger partial charge is 0.463 e. The molecule has 0 spiro atoms. The summed E-state index contributed by atoms with van der Waals surface area (Å²) >= 11 is 0. The van der Waals surface area contributed by atoms with Crippen LogP contribution in [0.2, 0.25) is 0 Å². The third-order valence-electron chi connectivity index (χ3n) is 2.95. The second kappa shape index (κ2) is 8.60. The summed E-state index contributed by atoms with van der Waals surface area (Å²) in [7, 11) is 0. The first-order valence-electron chi connectivity index (χ1n) is 7.10. The van der Waals surface area contributed by atoms with Crippen molar-refractivity contribution >= 4 is 23.9 Å². The fourth-order valence-corrected chi connectivity index (χ4v) is 2.14. The Labute approximate surface area is 137 Å². The van der Waals surface area contributed by atoms with Gasteiger partial charge in [0.05, 0.1) is 0 Å². The van der Waals surface area contributed by atoms with Crippen molar-refractivity contribution < 1.29 is 48.0 Å². The number of rotatable bonds is 5. The SMILES string of the molecule is CC(=O)OC[C@H]1O[C@H](OC(C)=O)[C@@H](OC(C)=O)[C@H](O)[C@@H]1OC(C)=O. The number of esters is 4. The lowest BCUT2D eigenvalue weighted by atomic mass is 9.98. The molecule has 24 heavy (non-hydrogen) atoms. The Morgan fingerprint density at radius 1 is 0.833 bits per heavy atom. The molecule has 1 fully saturated rings. The van der Waals surface area contributed by atoms with E-state index in [1.54, 1.807) is 0 Å². The van der Waals surface area contributed by atoms with Gasteiger partial charge in [0.25, 0.3) is 0 Å². The number of hydrogen-bond acceptors (Lipinski definition) is 10. The van der Waals surface area contributed by atoms with Gasteiger partial charge in [-0.25, -0.2) is 0 Å². The van der Waals surface area contributed by atoms with E-state index in [-0.39, 0.29) is 6.61 Å². The van der Waals surface area contributed by atoms with Crippen LogP contribution in [-0.4, -0.2) is 66.3 Å². The van der Waals surface area contributed by atoms with E-state index in [2.05, 4.69) is 0 Å². The van der Waals surface area contributed by atoms with Crippen LogP contribution in [0.3, 0.4) is 0 Å². The number of ether oxygens (including phenoxy) is 5. The Bertz CT molecular complexity index is 500. The van der Waals surface area contributed by atoms with Crippen LogP contribution in [0.25, 0.3) is 0 Å². The van der Waals surface area contributed by atoms with Crippen LogP contribution >= 0.6 is 0 Å². The molecule has 0 aromatic heterocycles. The normalized spacial score (nSPS) is 29.3. The highest BCUT2D eigenvalue weighted by Crippen LogP contribution is 2.27. The number of hydrogen-bond donors (Lipinski definition) is 1. The lowest BCUT2D eigenvalue weighted by molar-refractivity contribution is -0.298. The number of aliphatic hydroxyl groups is 1. The summed E-state index contributed by atoms with van der Waals surface area (Å²) in [4.78, 5) is 44.6. The van der Waals surface area contributed by atoms with Crippen molar-refractivity contribution in [3.63, 3.8) is 0 Å². The van der Waals surface area contributed by atoms with E-state index in [1.165, 1.54) is 0 Å². The van der Waals surface area contributed by atoms with Gasteiger partial charge in [-0.2, -0.15) is 0 Å². The minimum Gasteiger partial charge on any atom is -0.463 e. The molecule has 0 unspecified atom stereocenters. The van der Waals surface area contributed by atoms with Crippen LogP contribution in [0.1, 0.15) is 27.7 Å². The zero-order valence-electron chi connectivity index (χ0n) is 13.7. The molecular weight excluding hydrogens is 328 g/mol. The summed E-state index contributed by atoms with van der Waals surface area (Å²) in [6.07, 6.45) is -6.84. The zero-order valence-corrected chi connectivity index (χ0v) is 13.7. The van der Waals surface area contributed by atoms with Crippen molar-refractivity contribution in [3.05, 3.63) is 0 Å². The molecule has 10 nitrogen and oxygen atoms in total. The molecule has 1 aliphatic rings. The van der Waals surface area contributed by atoms with Gasteiger partial charge in [0.1, 0.15) is 18.8 Å². The van der Waals surface area contributed by atoms with E-state index >= 15 is 0 Å². The molecule has 1 aliphatic heterocycles. The predicted molar refractivity (Wildman–Crippen MR) is 74.2 cm³/mol. The number of carbonyl (C=O) groups is 4. The Morgan fingerprint density at radius 2 is 1.33 bits per heavy atom. The summed E-state index contributed by atoms with van der Waals surface area (Å²) in [5, 5.41) is 10.4. The molecule has 5 atom stereocenters. The highest BCUT2D eigenvalue weighted by atomic mass is 16.7. The van der Waals surface area contributed by atoms with Crippen LogP contribution in [0.5, 0.6) is 0 Å². The molecule has 0 aromatic carbocycles. The van der Waals surface area contributed by atoms with Gasteiger partial charge in [-0.3, -0.25) is 19.2 Å². The van der Waals surface area contributed by atoms with Gasteiger partial charge in [0.2, 0.25) is 6.29 Å². The molecular formula is C14H20O10. The summed E-state index contributed by atoms with van der Waals surface area (Å²) in [5.41, 5.74) is 0. The van der Waals surface area contributed by atoms with Gasteiger partial charge >= 0.3 is 23.9 Å². The van der Waals surface area contributed by atoms with Crippen molar-refractivity contribution in [2.75, 3.05) is 6.61 Å². The highest BCUT2D eigenvalue weighted by molar-refractivity contribution is 5.68. The summed E-state index contributed by atoms with van der Waals surface area (Å²) < 4.78 is 25.0. The van der Waals surface area contributed by atoms with E-state index in [0.717, 1.165) is 27.7 Å². The monoisotopic (exact) mass is 348 g/mol. The minimum absolute atomic E-state index is 0.366. The molecule has 1 saturated heterocycles. The van der Waals surface area contributed by atoms with Crippen LogP contribution < -0.4 is 0 Å². The van der Waals surface area contributed by atoms with Gasteiger partial charge < -0.3 is 28.8 Å². The first kappa shape index (κ1) is 19.8. The molecule has 0 bridgehead atoms. The lowest BCUT2D eigenvalue weighted by Crippen LogP contribution is -2.62. The highest BCUT2D eigenvalue weighted by Gasteiger charge is 2.50. The third-order valence-corrected chi connectivity index (χ3v) is 2.95. The van der Waals surface area contributed by atoms with Crippen molar-refractivity contribution in [2.45, 2.75) is 58.4 Å². The molecule has 1 heterocycles. The Hall–Kier alpha value is -2.20. The van der Waals surface area contributed by atoms with E-state index in [9.17, 15) is 24.3 Å². The fraction of sp³-hybridized carbons (Fsp3) is 0.714. The second-order valence-electron chi connectivity index (χ2n) is 5.09. The molecule has 10 heteroatoms. The van der Waals surface area contributed by atoms with Crippen molar-refractivity contribution in [1.29, 1.82) is 0 Å². The molecule has 0 aliphatic carbocycles. The quantitative estimate of drug-likeness (QED) is 0.490. The molecule has 0 radical (unpaired) electrons. The van der Waals surface area contributed by atoms with E-state index in [0.29, 0.717) is 0 Å². The maximum absolute atomic E-state index is 11.2. The third kappa shape index (κ3) is 5.78. The van der Waals surface area contributed by atoms with Crippen molar-refractivity contribution in [3.8, 4) is 0 Å². The molecule has 0 amide bonds. The maximum atomic E-state index is 11.2. The van der Waals surface area contributed by atoms with Crippen LogP contribution in [0.4, 0.5) is 0 Å². The smallest absolute Gasteiger partial charge is 0.305 e. The molecule has 1 rings (SSSR count). The Kier molecular flexibility index (Phi) is 7.11. The maximum Gasteiger partial charge on any atom is 0.305 e. The number of aliphatic hydroxyl groups excluding tert-OH is 1. The lowest BCUT2D eigenvalue weighted by Gasteiger charge is -2.42. The summed E-state index contributed by atoms with van der Waals surface area (Å²) in [6, 6.07) is 0. The molecule has 0 saturated carbocycles. The number of carbonyl (C=O) groups excluding carboxylic acids is 4. The van der Waals surface area contributed by atoms with Crippen LogP contribution in [-0.2, 0) is 42.9 Å². The summed E-state index contributed by atoms with van der Waals surface area (Å²) in [6.45, 7) is 4.08. The Balaban J connectivity index is 3.04. The van der Waals surface area contributed by atoms with Gasteiger partial charge in [-0.15, -0.1) is 0 Å². The average Bonchev–Trinajstić information content (AvgIpc) is 2.42. The van der Waals surface area contributed by atoms with Crippen molar-refractivity contribution in [1.82, 2.24) is 0 Å². The average molecular weight is 348 g/mol. The topological polar surface area (TPSA) is 135 Å². The first-order chi connectivity index (χ1) is 11.1. The minimum atomic E-state index is -1.56. The second-order valence-corrected chi connectivity index (χ2v) is 5.09. The van der Waals surface area contributed by atoms with Gasteiger partial charge in [-0.05, 0) is 0 Å². The van der Waals surface area contributed by atoms with Crippen LogP contribution in [0, 0.1) is 0 Å². The Morgan fingerprint density at radius 3 is 1.79 bits per heavy atom.